The Morgan fingerprint density at radius 1 is 0.960 bits per heavy atom. The van der Waals surface area contributed by atoms with Crippen molar-refractivity contribution in [3.8, 4) is 10.4 Å². The molecule has 124 valence electrons. The maximum absolute atomic E-state index is 9.79. The Balaban J connectivity index is 1.71. The molecule has 4 nitrogen and oxygen atoms in total. The van der Waals surface area contributed by atoms with Crippen LogP contribution in [-0.4, -0.2) is 21.7 Å². The molecule has 4 rings (SSSR count). The second kappa shape index (κ2) is 7.01. The van der Waals surface area contributed by atoms with Crippen LogP contribution in [0.4, 0.5) is 5.82 Å². The van der Waals surface area contributed by atoms with Crippen LogP contribution in [0, 0.1) is 0 Å². The van der Waals surface area contributed by atoms with Crippen molar-refractivity contribution < 1.29 is 5.11 Å². The number of aliphatic hydroxyl groups is 1. The molecule has 0 amide bonds. The number of rotatable bonds is 5. The minimum Gasteiger partial charge on any atom is -0.394 e. The molecule has 25 heavy (non-hydrogen) atoms. The van der Waals surface area contributed by atoms with Gasteiger partial charge in [-0.3, -0.25) is 0 Å². The summed E-state index contributed by atoms with van der Waals surface area (Å²) in [7, 11) is 0. The van der Waals surface area contributed by atoms with Gasteiger partial charge in [0, 0.05) is 4.88 Å². The average Bonchev–Trinajstić information content (AvgIpc) is 3.12. The first-order valence-corrected chi connectivity index (χ1v) is 8.89. The highest BCUT2D eigenvalue weighted by Crippen LogP contribution is 2.35. The molecule has 0 aliphatic rings. The van der Waals surface area contributed by atoms with Crippen LogP contribution in [0.2, 0.25) is 0 Å². The van der Waals surface area contributed by atoms with Crippen molar-refractivity contribution in [2.75, 3.05) is 11.9 Å². The predicted octanol–water partition coefficient (Wildman–Crippen LogP) is 4.50. The standard InChI is InChI=1S/C20H17N3OS/c24-12-17(14-7-3-1-4-8-14)23-19-16-11-18(15-9-5-2-6-10-15)25-20(16)22-13-21-19/h1-11,13,17,24H,12H2,(H,21,22,23). The molecule has 1 unspecified atom stereocenters. The van der Waals surface area contributed by atoms with Crippen molar-refractivity contribution in [3.63, 3.8) is 0 Å². The molecular formula is C20H17N3OS. The summed E-state index contributed by atoms with van der Waals surface area (Å²) in [6.07, 6.45) is 1.56. The number of aromatic nitrogens is 2. The first-order valence-electron chi connectivity index (χ1n) is 8.07. The summed E-state index contributed by atoms with van der Waals surface area (Å²) in [5.41, 5.74) is 2.19. The zero-order valence-electron chi connectivity index (χ0n) is 13.5. The van der Waals surface area contributed by atoms with E-state index < -0.39 is 0 Å². The van der Waals surface area contributed by atoms with Crippen LogP contribution in [0.25, 0.3) is 20.7 Å². The lowest BCUT2D eigenvalue weighted by atomic mass is 10.1. The minimum atomic E-state index is -0.209. The molecule has 4 aromatic rings. The number of nitrogens with one attached hydrogen (secondary N) is 1. The lowest BCUT2D eigenvalue weighted by molar-refractivity contribution is 0.276. The van der Waals surface area contributed by atoms with E-state index in [9.17, 15) is 5.11 Å². The zero-order valence-corrected chi connectivity index (χ0v) is 14.3. The van der Waals surface area contributed by atoms with Gasteiger partial charge in [-0.1, -0.05) is 60.7 Å². The second-order valence-corrected chi connectivity index (χ2v) is 6.74. The van der Waals surface area contributed by atoms with Crippen molar-refractivity contribution in [2.45, 2.75) is 6.04 Å². The van der Waals surface area contributed by atoms with Crippen molar-refractivity contribution in [3.05, 3.63) is 78.6 Å². The smallest absolute Gasteiger partial charge is 0.138 e. The summed E-state index contributed by atoms with van der Waals surface area (Å²) < 4.78 is 0. The van der Waals surface area contributed by atoms with Gasteiger partial charge in [0.25, 0.3) is 0 Å². The third-order valence-corrected chi connectivity index (χ3v) is 5.18. The quantitative estimate of drug-likeness (QED) is 0.558. The zero-order chi connectivity index (χ0) is 17.1. The molecule has 0 saturated heterocycles. The van der Waals surface area contributed by atoms with Crippen LogP contribution in [0.15, 0.2) is 73.1 Å². The number of hydrogen-bond donors (Lipinski definition) is 2. The Labute approximate surface area is 149 Å². The van der Waals surface area contributed by atoms with E-state index in [0.717, 1.165) is 26.5 Å². The van der Waals surface area contributed by atoms with E-state index in [1.54, 1.807) is 17.7 Å². The highest BCUT2D eigenvalue weighted by molar-refractivity contribution is 7.21. The van der Waals surface area contributed by atoms with Gasteiger partial charge in [0.2, 0.25) is 0 Å². The number of fused-ring (bicyclic) bond motifs is 1. The summed E-state index contributed by atoms with van der Waals surface area (Å²) in [5, 5.41) is 14.1. The molecule has 5 heteroatoms. The Morgan fingerprint density at radius 3 is 2.40 bits per heavy atom. The van der Waals surface area contributed by atoms with Crippen LogP contribution in [0.3, 0.4) is 0 Å². The van der Waals surface area contributed by atoms with E-state index >= 15 is 0 Å². The molecule has 2 N–H and O–H groups in total. The van der Waals surface area contributed by atoms with Crippen LogP contribution in [-0.2, 0) is 0 Å². The fraction of sp³-hybridized carbons (Fsp3) is 0.100. The molecule has 2 aromatic carbocycles. The molecule has 0 saturated carbocycles. The highest BCUT2D eigenvalue weighted by atomic mass is 32.1. The second-order valence-electron chi connectivity index (χ2n) is 5.71. The fourth-order valence-electron chi connectivity index (χ4n) is 2.80. The third-order valence-electron chi connectivity index (χ3n) is 4.08. The van der Waals surface area contributed by atoms with Gasteiger partial charge in [-0.05, 0) is 17.2 Å². The van der Waals surface area contributed by atoms with Gasteiger partial charge in [-0.2, -0.15) is 0 Å². The molecule has 0 aliphatic carbocycles. The lowest BCUT2D eigenvalue weighted by Gasteiger charge is -2.17. The number of aliphatic hydroxyl groups excluding tert-OH is 1. The summed E-state index contributed by atoms with van der Waals surface area (Å²) >= 11 is 1.64. The Morgan fingerprint density at radius 2 is 1.68 bits per heavy atom. The van der Waals surface area contributed by atoms with Crippen molar-refractivity contribution in [2.24, 2.45) is 0 Å². The van der Waals surface area contributed by atoms with E-state index in [1.807, 2.05) is 48.5 Å². The van der Waals surface area contributed by atoms with Gasteiger partial charge in [0.15, 0.2) is 0 Å². The molecule has 1 atom stereocenters. The van der Waals surface area contributed by atoms with Crippen LogP contribution in [0.1, 0.15) is 11.6 Å². The Bertz CT molecular complexity index is 970. The van der Waals surface area contributed by atoms with Crippen molar-refractivity contribution in [1.29, 1.82) is 0 Å². The molecular weight excluding hydrogens is 330 g/mol. The molecule has 0 radical (unpaired) electrons. The molecule has 2 aromatic heterocycles. The van der Waals surface area contributed by atoms with E-state index in [2.05, 4.69) is 33.5 Å². The Hall–Kier alpha value is -2.76. The molecule has 0 fully saturated rings. The largest absolute Gasteiger partial charge is 0.394 e. The third kappa shape index (κ3) is 3.24. The van der Waals surface area contributed by atoms with E-state index in [1.165, 1.54) is 5.56 Å². The van der Waals surface area contributed by atoms with E-state index in [-0.39, 0.29) is 12.6 Å². The maximum atomic E-state index is 9.79. The number of anilines is 1. The van der Waals surface area contributed by atoms with Crippen molar-refractivity contribution >= 4 is 27.4 Å². The van der Waals surface area contributed by atoms with Crippen molar-refractivity contribution in [1.82, 2.24) is 9.97 Å². The molecule has 0 spiro atoms. The van der Waals surface area contributed by atoms with Gasteiger partial charge in [-0.15, -0.1) is 11.3 Å². The normalized spacial score (nSPS) is 12.2. The highest BCUT2D eigenvalue weighted by Gasteiger charge is 2.15. The lowest BCUT2D eigenvalue weighted by Crippen LogP contribution is -2.15. The predicted molar refractivity (Wildman–Crippen MR) is 103 cm³/mol. The molecule has 2 heterocycles. The van der Waals surface area contributed by atoms with E-state index in [0.29, 0.717) is 0 Å². The summed E-state index contributed by atoms with van der Waals surface area (Å²) in [5.74, 6) is 0.742. The molecule has 0 bridgehead atoms. The minimum absolute atomic E-state index is 0.00874. The van der Waals surface area contributed by atoms with Crippen LogP contribution >= 0.6 is 11.3 Å². The number of nitrogens with zero attached hydrogens (tertiary/aromatic N) is 2. The maximum Gasteiger partial charge on any atom is 0.138 e. The number of thiophene rings is 1. The Kier molecular flexibility index (Phi) is 4.41. The SMILES string of the molecule is OCC(Nc1ncnc2sc(-c3ccccc3)cc12)c1ccccc1. The van der Waals surface area contributed by atoms with Gasteiger partial charge in [-0.25, -0.2) is 9.97 Å². The number of benzene rings is 2. The molecule has 0 aliphatic heterocycles. The van der Waals surface area contributed by atoms with Gasteiger partial charge in [0.1, 0.15) is 17.0 Å². The topological polar surface area (TPSA) is 58.0 Å². The van der Waals surface area contributed by atoms with Crippen LogP contribution < -0.4 is 5.32 Å². The first-order chi connectivity index (χ1) is 12.3. The van der Waals surface area contributed by atoms with Gasteiger partial charge < -0.3 is 10.4 Å². The summed E-state index contributed by atoms with van der Waals surface area (Å²) in [6, 6.07) is 22.0. The monoisotopic (exact) mass is 347 g/mol. The first kappa shape index (κ1) is 15.7. The van der Waals surface area contributed by atoms with Crippen LogP contribution in [0.5, 0.6) is 0 Å². The van der Waals surface area contributed by atoms with Gasteiger partial charge >= 0.3 is 0 Å². The number of hydrogen-bond acceptors (Lipinski definition) is 5. The summed E-state index contributed by atoms with van der Waals surface area (Å²) in [4.78, 5) is 10.9. The van der Waals surface area contributed by atoms with E-state index in [4.69, 9.17) is 0 Å². The average molecular weight is 347 g/mol. The van der Waals surface area contributed by atoms with Gasteiger partial charge in [0.05, 0.1) is 18.0 Å². The fourth-order valence-corrected chi connectivity index (χ4v) is 3.80. The summed E-state index contributed by atoms with van der Waals surface area (Å²) in [6.45, 7) is -0.00874.